The monoisotopic (exact) mass is 233 g/mol. The molecule has 3 atom stereocenters. The Morgan fingerprint density at radius 3 is 2.60 bits per heavy atom. The molecule has 2 saturated heterocycles. The van der Waals surface area contributed by atoms with Gasteiger partial charge in [-0.05, 0) is 6.92 Å². The number of carbonyl (C=O) groups is 2. The van der Waals surface area contributed by atoms with Crippen LogP contribution in [0.4, 0.5) is 0 Å². The van der Waals surface area contributed by atoms with Crippen molar-refractivity contribution in [1.29, 1.82) is 0 Å². The summed E-state index contributed by atoms with van der Waals surface area (Å²) in [5.41, 5.74) is 0. The number of rotatable bonds is 1. The van der Waals surface area contributed by atoms with Crippen molar-refractivity contribution >= 4 is 21.7 Å². The van der Waals surface area contributed by atoms with Crippen LogP contribution < -0.4 is 0 Å². The fraction of sp³-hybridized carbons (Fsp3) is 0.750. The number of methoxy groups -OCH3 is 1. The SMILES string of the molecule is COC(=O)[C@H]1[C@@H](C)S(=O)(=O)[C@H]2CC(=O)N12. The molecule has 2 fully saturated rings. The fourth-order valence-electron chi connectivity index (χ4n) is 2.09. The maximum atomic E-state index is 11.7. The van der Waals surface area contributed by atoms with Gasteiger partial charge in [-0.15, -0.1) is 0 Å². The van der Waals surface area contributed by atoms with Gasteiger partial charge in [-0.3, -0.25) is 4.79 Å². The Morgan fingerprint density at radius 2 is 2.13 bits per heavy atom. The highest BCUT2D eigenvalue weighted by Crippen LogP contribution is 2.39. The van der Waals surface area contributed by atoms with Crippen molar-refractivity contribution in [3.8, 4) is 0 Å². The molecule has 1 amide bonds. The number of sulfone groups is 1. The Labute approximate surface area is 87.1 Å². The zero-order valence-corrected chi connectivity index (χ0v) is 9.15. The average Bonchev–Trinajstić information content (AvgIpc) is 2.34. The molecule has 7 heteroatoms. The van der Waals surface area contributed by atoms with Crippen molar-refractivity contribution in [1.82, 2.24) is 4.90 Å². The normalized spacial score (nSPS) is 37.1. The number of fused-ring (bicyclic) bond motifs is 1. The van der Waals surface area contributed by atoms with Crippen LogP contribution in [-0.2, 0) is 24.2 Å². The first kappa shape index (κ1) is 10.4. The molecule has 6 nitrogen and oxygen atoms in total. The molecule has 0 unspecified atom stereocenters. The van der Waals surface area contributed by atoms with E-state index in [4.69, 9.17) is 0 Å². The van der Waals surface area contributed by atoms with Crippen molar-refractivity contribution < 1.29 is 22.7 Å². The topological polar surface area (TPSA) is 80.8 Å². The molecule has 0 spiro atoms. The van der Waals surface area contributed by atoms with Gasteiger partial charge in [-0.1, -0.05) is 0 Å². The first-order chi connectivity index (χ1) is 6.91. The van der Waals surface area contributed by atoms with Crippen LogP contribution >= 0.6 is 0 Å². The Bertz CT molecular complexity index is 428. The Morgan fingerprint density at radius 1 is 1.53 bits per heavy atom. The zero-order valence-electron chi connectivity index (χ0n) is 8.34. The number of ether oxygens (including phenoxy) is 1. The number of β-lactam (4-membered cyclic amide) rings is 1. The summed E-state index contributed by atoms with van der Waals surface area (Å²) in [6.45, 7) is 1.43. The molecule has 0 radical (unpaired) electrons. The van der Waals surface area contributed by atoms with E-state index in [9.17, 15) is 18.0 Å². The molecule has 0 bridgehead atoms. The van der Waals surface area contributed by atoms with Crippen molar-refractivity contribution in [2.45, 2.75) is 30.0 Å². The standard InChI is InChI=1S/C8H11NO5S/c1-4-7(8(11)14-2)9-5(10)3-6(9)15(4,12)13/h4,6-7H,3H2,1-2H3/t4-,6+,7-/m1/s1. The first-order valence-corrected chi connectivity index (χ1v) is 6.14. The summed E-state index contributed by atoms with van der Waals surface area (Å²) in [6.07, 6.45) is -0.0137. The van der Waals surface area contributed by atoms with Gasteiger partial charge in [0.15, 0.2) is 9.84 Å². The van der Waals surface area contributed by atoms with E-state index in [1.165, 1.54) is 14.0 Å². The maximum absolute atomic E-state index is 11.7. The lowest BCUT2D eigenvalue weighted by molar-refractivity contribution is -0.158. The molecular weight excluding hydrogens is 222 g/mol. The van der Waals surface area contributed by atoms with Gasteiger partial charge in [0.1, 0.15) is 11.4 Å². The summed E-state index contributed by atoms with van der Waals surface area (Å²) >= 11 is 0. The van der Waals surface area contributed by atoms with E-state index >= 15 is 0 Å². The summed E-state index contributed by atoms with van der Waals surface area (Å²) in [4.78, 5) is 23.7. The highest BCUT2D eigenvalue weighted by Gasteiger charge is 2.62. The summed E-state index contributed by atoms with van der Waals surface area (Å²) < 4.78 is 28.0. The van der Waals surface area contributed by atoms with Crippen molar-refractivity contribution in [2.75, 3.05) is 7.11 Å². The van der Waals surface area contributed by atoms with Crippen molar-refractivity contribution in [2.24, 2.45) is 0 Å². The molecule has 0 aromatic carbocycles. The Kier molecular flexibility index (Phi) is 2.04. The van der Waals surface area contributed by atoms with Gasteiger partial charge in [0.05, 0.1) is 18.8 Å². The molecule has 0 saturated carbocycles. The number of hydrogen-bond acceptors (Lipinski definition) is 5. The van der Waals surface area contributed by atoms with Crippen LogP contribution in [0.25, 0.3) is 0 Å². The summed E-state index contributed by atoms with van der Waals surface area (Å²) in [5, 5.41) is -1.69. The van der Waals surface area contributed by atoms with Gasteiger partial charge in [0.25, 0.3) is 0 Å². The van der Waals surface area contributed by atoms with E-state index in [2.05, 4.69) is 4.74 Å². The number of amides is 1. The molecule has 2 heterocycles. The van der Waals surface area contributed by atoms with Gasteiger partial charge in [0.2, 0.25) is 5.91 Å². The minimum absolute atomic E-state index is 0.0137. The van der Waals surface area contributed by atoms with Crippen LogP contribution in [0.1, 0.15) is 13.3 Å². The smallest absolute Gasteiger partial charge is 0.329 e. The van der Waals surface area contributed by atoms with Crippen LogP contribution in [0.3, 0.4) is 0 Å². The molecule has 84 valence electrons. The largest absolute Gasteiger partial charge is 0.467 e. The Hall–Kier alpha value is -1.11. The second-order valence-electron chi connectivity index (χ2n) is 3.72. The minimum Gasteiger partial charge on any atom is -0.467 e. The predicted octanol–water partition coefficient (Wildman–Crippen LogP) is -1.10. The van der Waals surface area contributed by atoms with Crippen LogP contribution in [-0.4, -0.2) is 49.0 Å². The third-order valence-corrected chi connectivity index (χ3v) is 5.48. The summed E-state index contributed by atoms with van der Waals surface area (Å²) in [5.74, 6) is -0.968. The van der Waals surface area contributed by atoms with Crippen LogP contribution in [0, 0.1) is 0 Å². The molecule has 2 aliphatic rings. The van der Waals surface area contributed by atoms with E-state index in [1.807, 2.05) is 0 Å². The predicted molar refractivity (Wildman–Crippen MR) is 49.4 cm³/mol. The summed E-state index contributed by atoms with van der Waals surface area (Å²) in [7, 11) is -2.22. The number of esters is 1. The first-order valence-electron chi connectivity index (χ1n) is 4.53. The number of carbonyl (C=O) groups excluding carboxylic acids is 2. The second kappa shape index (κ2) is 2.94. The van der Waals surface area contributed by atoms with Crippen molar-refractivity contribution in [3.05, 3.63) is 0 Å². The molecule has 15 heavy (non-hydrogen) atoms. The quantitative estimate of drug-likeness (QED) is 0.424. The van der Waals surface area contributed by atoms with E-state index in [0.29, 0.717) is 0 Å². The molecular formula is C8H11NO5S. The van der Waals surface area contributed by atoms with E-state index in [0.717, 1.165) is 4.90 Å². The third-order valence-electron chi connectivity index (χ3n) is 3.03. The molecule has 2 aliphatic heterocycles. The van der Waals surface area contributed by atoms with Crippen molar-refractivity contribution in [3.63, 3.8) is 0 Å². The van der Waals surface area contributed by atoms with Gasteiger partial charge in [-0.2, -0.15) is 0 Å². The Balaban J connectivity index is 2.41. The van der Waals surface area contributed by atoms with Crippen LogP contribution in [0.2, 0.25) is 0 Å². The average molecular weight is 233 g/mol. The molecule has 0 aromatic heterocycles. The molecule has 2 rings (SSSR count). The summed E-state index contributed by atoms with van der Waals surface area (Å²) in [6, 6.07) is -0.966. The maximum Gasteiger partial charge on any atom is 0.329 e. The fourth-order valence-corrected chi connectivity index (χ4v) is 4.13. The van der Waals surface area contributed by atoms with Gasteiger partial charge < -0.3 is 9.64 Å². The van der Waals surface area contributed by atoms with Gasteiger partial charge in [0, 0.05) is 0 Å². The van der Waals surface area contributed by atoms with E-state index < -0.39 is 32.5 Å². The molecule has 0 aromatic rings. The highest BCUT2D eigenvalue weighted by atomic mass is 32.2. The number of hydrogen-bond donors (Lipinski definition) is 0. The molecule has 0 aliphatic carbocycles. The van der Waals surface area contributed by atoms with E-state index in [-0.39, 0.29) is 12.3 Å². The second-order valence-corrected chi connectivity index (χ2v) is 6.19. The van der Waals surface area contributed by atoms with Crippen LogP contribution in [0.15, 0.2) is 0 Å². The lowest BCUT2D eigenvalue weighted by atomic mass is 10.1. The minimum atomic E-state index is -3.40. The van der Waals surface area contributed by atoms with Gasteiger partial charge >= 0.3 is 5.97 Å². The number of nitrogens with zero attached hydrogens (tertiary/aromatic N) is 1. The zero-order chi connectivity index (χ0) is 11.4. The lowest BCUT2D eigenvalue weighted by Crippen LogP contribution is -2.56. The molecule has 0 N–H and O–H groups in total. The lowest BCUT2D eigenvalue weighted by Gasteiger charge is -2.35. The van der Waals surface area contributed by atoms with Crippen LogP contribution in [0.5, 0.6) is 0 Å². The van der Waals surface area contributed by atoms with E-state index in [1.54, 1.807) is 0 Å². The third kappa shape index (κ3) is 1.12. The van der Waals surface area contributed by atoms with Gasteiger partial charge in [-0.25, -0.2) is 13.2 Å². The highest BCUT2D eigenvalue weighted by molar-refractivity contribution is 7.93.